The van der Waals surface area contributed by atoms with Crippen LogP contribution in [-0.2, 0) is 16.1 Å². The fourth-order valence-corrected chi connectivity index (χ4v) is 4.28. The SMILES string of the molecule is Cc1cc(C)c(C2C(=O)C(CC(=O)NCc3ccccc3)CC2O)c(C)c1. The highest BCUT2D eigenvalue weighted by Crippen LogP contribution is 2.40. The van der Waals surface area contributed by atoms with E-state index in [1.807, 2.05) is 63.2 Å². The maximum atomic E-state index is 13.0. The fourth-order valence-electron chi connectivity index (χ4n) is 4.28. The first-order valence-electron chi connectivity index (χ1n) is 9.47. The van der Waals surface area contributed by atoms with Gasteiger partial charge in [-0.05, 0) is 49.4 Å². The maximum absolute atomic E-state index is 13.0. The van der Waals surface area contributed by atoms with Crippen LogP contribution >= 0.6 is 0 Å². The van der Waals surface area contributed by atoms with Crippen molar-refractivity contribution in [1.82, 2.24) is 5.32 Å². The highest BCUT2D eigenvalue weighted by Gasteiger charge is 2.43. The third-order valence-electron chi connectivity index (χ3n) is 5.43. The van der Waals surface area contributed by atoms with Gasteiger partial charge in [0, 0.05) is 18.9 Å². The molecule has 3 rings (SSSR count). The summed E-state index contributed by atoms with van der Waals surface area (Å²) in [4.78, 5) is 25.3. The molecular formula is C23H27NO3. The largest absolute Gasteiger partial charge is 0.392 e. The van der Waals surface area contributed by atoms with Crippen molar-refractivity contribution >= 4 is 11.7 Å². The number of amides is 1. The highest BCUT2D eigenvalue weighted by atomic mass is 16.3. The first-order valence-corrected chi connectivity index (χ1v) is 9.47. The van der Waals surface area contributed by atoms with E-state index in [9.17, 15) is 14.7 Å². The summed E-state index contributed by atoms with van der Waals surface area (Å²) >= 11 is 0. The molecule has 2 N–H and O–H groups in total. The summed E-state index contributed by atoms with van der Waals surface area (Å²) in [5.41, 5.74) is 5.14. The second kappa shape index (κ2) is 8.05. The molecule has 0 heterocycles. The average Bonchev–Trinajstić information content (AvgIpc) is 2.88. The van der Waals surface area contributed by atoms with Crippen molar-refractivity contribution < 1.29 is 14.7 Å². The van der Waals surface area contributed by atoms with Crippen LogP contribution in [0.5, 0.6) is 0 Å². The Labute approximate surface area is 160 Å². The zero-order valence-electron chi connectivity index (χ0n) is 16.2. The van der Waals surface area contributed by atoms with Crippen molar-refractivity contribution in [2.45, 2.75) is 52.2 Å². The number of benzene rings is 2. The Bertz CT molecular complexity index is 821. The van der Waals surface area contributed by atoms with Crippen LogP contribution in [0.15, 0.2) is 42.5 Å². The van der Waals surface area contributed by atoms with Gasteiger partial charge in [0.1, 0.15) is 5.78 Å². The summed E-state index contributed by atoms with van der Waals surface area (Å²) in [5, 5.41) is 13.4. The summed E-state index contributed by atoms with van der Waals surface area (Å²) < 4.78 is 0. The summed E-state index contributed by atoms with van der Waals surface area (Å²) in [5.74, 6) is -1.13. The van der Waals surface area contributed by atoms with Crippen LogP contribution in [-0.4, -0.2) is 22.9 Å². The van der Waals surface area contributed by atoms with E-state index in [1.54, 1.807) is 0 Å². The van der Waals surface area contributed by atoms with Crippen LogP contribution in [0.25, 0.3) is 0 Å². The number of hydrogen-bond donors (Lipinski definition) is 2. The molecule has 2 aromatic carbocycles. The molecule has 3 unspecified atom stereocenters. The second-order valence-corrected chi connectivity index (χ2v) is 7.66. The molecule has 0 bridgehead atoms. The Morgan fingerprint density at radius 1 is 1.11 bits per heavy atom. The van der Waals surface area contributed by atoms with Crippen LogP contribution in [0.1, 0.15) is 46.6 Å². The number of hydrogen-bond acceptors (Lipinski definition) is 3. The van der Waals surface area contributed by atoms with Gasteiger partial charge in [-0.3, -0.25) is 9.59 Å². The van der Waals surface area contributed by atoms with E-state index >= 15 is 0 Å². The van der Waals surface area contributed by atoms with Crippen LogP contribution in [0.3, 0.4) is 0 Å². The Hall–Kier alpha value is -2.46. The summed E-state index contributed by atoms with van der Waals surface area (Å²) in [7, 11) is 0. The summed E-state index contributed by atoms with van der Waals surface area (Å²) in [6, 6.07) is 13.8. The molecule has 1 saturated carbocycles. The molecule has 0 saturated heterocycles. The van der Waals surface area contributed by atoms with Crippen molar-refractivity contribution in [1.29, 1.82) is 0 Å². The number of aryl methyl sites for hydroxylation is 3. The van der Waals surface area contributed by atoms with E-state index in [2.05, 4.69) is 5.32 Å². The van der Waals surface area contributed by atoms with Gasteiger partial charge in [-0.2, -0.15) is 0 Å². The lowest BCUT2D eigenvalue weighted by molar-refractivity contribution is -0.128. The molecule has 27 heavy (non-hydrogen) atoms. The lowest BCUT2D eigenvalue weighted by atomic mass is 9.86. The molecule has 4 heteroatoms. The standard InChI is InChI=1S/C23H27NO3/c1-14-9-15(2)21(16(3)10-14)22-19(25)11-18(23(22)27)12-20(26)24-13-17-7-5-4-6-8-17/h4-10,18-19,22,25H,11-13H2,1-3H3,(H,24,26). The van der Waals surface area contributed by atoms with Gasteiger partial charge in [0.15, 0.2) is 0 Å². The zero-order chi connectivity index (χ0) is 19.6. The average molecular weight is 365 g/mol. The molecule has 4 nitrogen and oxygen atoms in total. The van der Waals surface area contributed by atoms with Crippen molar-refractivity contribution in [2.75, 3.05) is 0 Å². The van der Waals surface area contributed by atoms with Gasteiger partial charge >= 0.3 is 0 Å². The van der Waals surface area contributed by atoms with E-state index in [1.165, 1.54) is 0 Å². The first-order chi connectivity index (χ1) is 12.9. The topological polar surface area (TPSA) is 66.4 Å². The van der Waals surface area contributed by atoms with Crippen LogP contribution < -0.4 is 5.32 Å². The number of nitrogens with one attached hydrogen (secondary N) is 1. The molecule has 0 aliphatic heterocycles. The number of carbonyl (C=O) groups excluding carboxylic acids is 2. The van der Waals surface area contributed by atoms with Crippen molar-refractivity contribution in [3.63, 3.8) is 0 Å². The van der Waals surface area contributed by atoms with E-state index in [4.69, 9.17) is 0 Å². The number of rotatable bonds is 5. The molecule has 142 valence electrons. The van der Waals surface area contributed by atoms with Crippen molar-refractivity contribution in [3.05, 3.63) is 70.3 Å². The third kappa shape index (κ3) is 4.28. The lowest BCUT2D eigenvalue weighted by Gasteiger charge is -2.19. The minimum Gasteiger partial charge on any atom is -0.392 e. The predicted octanol–water partition coefficient (Wildman–Crippen LogP) is 3.35. The fraction of sp³-hybridized carbons (Fsp3) is 0.391. The number of aliphatic hydroxyl groups excluding tert-OH is 1. The Morgan fingerprint density at radius 3 is 2.37 bits per heavy atom. The predicted molar refractivity (Wildman–Crippen MR) is 105 cm³/mol. The Balaban J connectivity index is 1.67. The number of aliphatic hydroxyl groups is 1. The number of carbonyl (C=O) groups is 2. The Morgan fingerprint density at radius 2 is 1.74 bits per heavy atom. The second-order valence-electron chi connectivity index (χ2n) is 7.66. The smallest absolute Gasteiger partial charge is 0.220 e. The minimum absolute atomic E-state index is 0.0209. The quantitative estimate of drug-likeness (QED) is 0.854. The monoisotopic (exact) mass is 365 g/mol. The van der Waals surface area contributed by atoms with Crippen molar-refractivity contribution in [3.8, 4) is 0 Å². The van der Waals surface area contributed by atoms with Crippen LogP contribution in [0, 0.1) is 26.7 Å². The lowest BCUT2D eigenvalue weighted by Crippen LogP contribution is -2.27. The molecule has 1 amide bonds. The molecule has 0 aromatic heterocycles. The van der Waals surface area contributed by atoms with Gasteiger partial charge in [0.25, 0.3) is 0 Å². The summed E-state index contributed by atoms with van der Waals surface area (Å²) in [6.45, 7) is 6.43. The van der Waals surface area contributed by atoms with Gasteiger partial charge in [-0.1, -0.05) is 48.0 Å². The first kappa shape index (κ1) is 19.3. The van der Waals surface area contributed by atoms with Gasteiger partial charge in [0.05, 0.1) is 12.0 Å². The van der Waals surface area contributed by atoms with E-state index in [-0.39, 0.29) is 18.1 Å². The van der Waals surface area contributed by atoms with Crippen LogP contribution in [0.2, 0.25) is 0 Å². The van der Waals surface area contributed by atoms with E-state index in [0.29, 0.717) is 13.0 Å². The van der Waals surface area contributed by atoms with Crippen molar-refractivity contribution in [2.24, 2.45) is 5.92 Å². The molecule has 0 spiro atoms. The number of ketones is 1. The molecule has 3 atom stereocenters. The summed E-state index contributed by atoms with van der Waals surface area (Å²) in [6.07, 6.45) is -0.261. The van der Waals surface area contributed by atoms with Gasteiger partial charge in [-0.15, -0.1) is 0 Å². The Kier molecular flexibility index (Phi) is 5.76. The number of Topliss-reactive ketones (excluding diaryl/α,β-unsaturated/α-hetero) is 1. The van der Waals surface area contributed by atoms with Gasteiger partial charge in [-0.25, -0.2) is 0 Å². The van der Waals surface area contributed by atoms with E-state index < -0.39 is 17.9 Å². The normalized spacial score (nSPS) is 22.1. The molecule has 1 fully saturated rings. The van der Waals surface area contributed by atoms with Gasteiger partial charge in [0.2, 0.25) is 5.91 Å². The third-order valence-corrected chi connectivity index (χ3v) is 5.43. The molecule has 1 aliphatic carbocycles. The molecular weight excluding hydrogens is 338 g/mol. The molecule has 1 aliphatic rings. The maximum Gasteiger partial charge on any atom is 0.220 e. The van der Waals surface area contributed by atoms with Gasteiger partial charge < -0.3 is 10.4 Å². The molecule has 2 aromatic rings. The zero-order valence-corrected chi connectivity index (χ0v) is 16.2. The van der Waals surface area contributed by atoms with Crippen LogP contribution in [0.4, 0.5) is 0 Å². The highest BCUT2D eigenvalue weighted by molar-refractivity contribution is 5.94. The van der Waals surface area contributed by atoms with E-state index in [0.717, 1.165) is 27.8 Å². The molecule has 0 radical (unpaired) electrons. The minimum atomic E-state index is -0.732.